The minimum absolute atomic E-state index is 0.359. The van der Waals surface area contributed by atoms with Gasteiger partial charge in [-0.15, -0.1) is 0 Å². The summed E-state index contributed by atoms with van der Waals surface area (Å²) in [7, 11) is 0. The number of carbonyl (C=O) groups excluding carboxylic acids is 4. The number of hydrogen-bond donors (Lipinski definition) is 0. The van der Waals surface area contributed by atoms with Gasteiger partial charge in [-0.25, -0.2) is 19.2 Å². The zero-order valence-electron chi connectivity index (χ0n) is 13.1. The van der Waals surface area contributed by atoms with E-state index in [2.05, 4.69) is 9.47 Å². The lowest BCUT2D eigenvalue weighted by Crippen LogP contribution is -1.96. The molecular formula is C18H14O6. The number of benzene rings is 2. The first-order valence-corrected chi connectivity index (χ1v) is 7.29. The molecule has 6 heteroatoms. The Kier molecular flexibility index (Phi) is 5.21. The van der Waals surface area contributed by atoms with Gasteiger partial charge in [-0.3, -0.25) is 0 Å². The maximum absolute atomic E-state index is 10.8. The number of cyclic esters (lactones) is 4. The summed E-state index contributed by atoms with van der Waals surface area (Å²) in [6, 6.07) is 13.1. The second-order valence-electron chi connectivity index (χ2n) is 4.45. The fourth-order valence-corrected chi connectivity index (χ4v) is 2.07. The summed E-state index contributed by atoms with van der Waals surface area (Å²) in [6.45, 7) is 4.00. The summed E-state index contributed by atoms with van der Waals surface area (Å²) in [6.07, 6.45) is 0. The Morgan fingerprint density at radius 1 is 0.500 bits per heavy atom. The molecule has 0 atom stereocenters. The molecule has 0 N–H and O–H groups in total. The van der Waals surface area contributed by atoms with Gasteiger partial charge in [-0.1, -0.05) is 38.1 Å². The average Bonchev–Trinajstić information content (AvgIpc) is 3.07. The average molecular weight is 326 g/mol. The largest absolute Gasteiger partial charge is 0.386 e. The minimum atomic E-state index is -0.550. The molecule has 2 aliphatic rings. The molecule has 4 rings (SSSR count). The molecular weight excluding hydrogens is 312 g/mol. The maximum atomic E-state index is 10.8. The van der Waals surface area contributed by atoms with E-state index in [9.17, 15) is 19.2 Å². The van der Waals surface area contributed by atoms with E-state index >= 15 is 0 Å². The summed E-state index contributed by atoms with van der Waals surface area (Å²) >= 11 is 0. The minimum Gasteiger partial charge on any atom is -0.386 e. The van der Waals surface area contributed by atoms with Gasteiger partial charge in [0, 0.05) is 0 Å². The predicted octanol–water partition coefficient (Wildman–Crippen LogP) is 3.02. The Morgan fingerprint density at radius 3 is 0.917 bits per heavy atom. The van der Waals surface area contributed by atoms with Crippen molar-refractivity contribution in [2.45, 2.75) is 13.8 Å². The van der Waals surface area contributed by atoms with Gasteiger partial charge >= 0.3 is 23.9 Å². The van der Waals surface area contributed by atoms with Gasteiger partial charge < -0.3 is 9.47 Å². The highest BCUT2D eigenvalue weighted by molar-refractivity contribution is 6.15. The van der Waals surface area contributed by atoms with Crippen molar-refractivity contribution in [1.29, 1.82) is 0 Å². The van der Waals surface area contributed by atoms with Crippen molar-refractivity contribution < 1.29 is 28.7 Å². The maximum Gasteiger partial charge on any atom is 0.346 e. The van der Waals surface area contributed by atoms with Crippen LogP contribution in [0.1, 0.15) is 55.3 Å². The standard InChI is InChI=1S/2C8H4O3.C2H6/c2*9-7-5-3-1-2-4-6(5)8(10)11-7;1-2/h2*1-4H;1-2H3. The van der Waals surface area contributed by atoms with Gasteiger partial charge in [0.1, 0.15) is 0 Å². The number of carbonyl (C=O) groups is 4. The lowest BCUT2D eigenvalue weighted by atomic mass is 10.1. The topological polar surface area (TPSA) is 86.7 Å². The Hall–Kier alpha value is -3.28. The van der Waals surface area contributed by atoms with Crippen LogP contribution in [0, 0.1) is 0 Å². The van der Waals surface area contributed by atoms with Gasteiger partial charge in [0.05, 0.1) is 22.3 Å². The highest BCUT2D eigenvalue weighted by Gasteiger charge is 2.29. The Bertz CT molecular complexity index is 686. The summed E-state index contributed by atoms with van der Waals surface area (Å²) in [5.41, 5.74) is 1.44. The molecule has 6 nitrogen and oxygen atoms in total. The molecule has 0 saturated heterocycles. The van der Waals surface area contributed by atoms with E-state index in [1.807, 2.05) is 13.8 Å². The zero-order valence-corrected chi connectivity index (χ0v) is 13.1. The van der Waals surface area contributed by atoms with Gasteiger partial charge in [0.25, 0.3) is 0 Å². The third kappa shape index (κ3) is 3.22. The second-order valence-corrected chi connectivity index (χ2v) is 4.45. The Balaban J connectivity index is 0.000000158. The van der Waals surface area contributed by atoms with Crippen LogP contribution in [-0.2, 0) is 9.47 Å². The number of rotatable bonds is 0. The van der Waals surface area contributed by atoms with E-state index in [0.717, 1.165) is 0 Å². The number of hydrogen-bond acceptors (Lipinski definition) is 6. The van der Waals surface area contributed by atoms with Crippen LogP contribution in [0.5, 0.6) is 0 Å². The molecule has 0 amide bonds. The van der Waals surface area contributed by atoms with E-state index in [4.69, 9.17) is 0 Å². The first-order chi connectivity index (χ1) is 11.6. The van der Waals surface area contributed by atoms with Gasteiger partial charge in [-0.05, 0) is 24.3 Å². The summed E-state index contributed by atoms with van der Waals surface area (Å²) in [5.74, 6) is -2.20. The van der Waals surface area contributed by atoms with Gasteiger partial charge in [0.2, 0.25) is 0 Å². The summed E-state index contributed by atoms with van der Waals surface area (Å²) < 4.78 is 8.71. The second kappa shape index (κ2) is 7.32. The molecule has 2 heterocycles. The molecule has 2 aromatic rings. The molecule has 0 fully saturated rings. The monoisotopic (exact) mass is 326 g/mol. The third-order valence-corrected chi connectivity index (χ3v) is 3.10. The zero-order chi connectivity index (χ0) is 17.7. The summed E-state index contributed by atoms with van der Waals surface area (Å²) in [4.78, 5) is 43.3. The Labute approximate surface area is 138 Å². The van der Waals surface area contributed by atoms with Crippen LogP contribution in [0.25, 0.3) is 0 Å². The van der Waals surface area contributed by atoms with E-state index in [-0.39, 0.29) is 0 Å². The van der Waals surface area contributed by atoms with Crippen LogP contribution in [-0.4, -0.2) is 23.9 Å². The SMILES string of the molecule is CC.O=C1OC(=O)c2ccccc21.O=C1OC(=O)c2ccccc21. The van der Waals surface area contributed by atoms with Crippen molar-refractivity contribution in [1.82, 2.24) is 0 Å². The number of esters is 4. The predicted molar refractivity (Wildman–Crippen MR) is 83.7 cm³/mol. The fraction of sp³-hybridized carbons (Fsp3) is 0.111. The van der Waals surface area contributed by atoms with Crippen LogP contribution >= 0.6 is 0 Å². The molecule has 0 aromatic heterocycles. The number of fused-ring (bicyclic) bond motifs is 2. The fourth-order valence-electron chi connectivity index (χ4n) is 2.07. The van der Waals surface area contributed by atoms with Gasteiger partial charge in [-0.2, -0.15) is 0 Å². The van der Waals surface area contributed by atoms with Crippen molar-refractivity contribution in [2.75, 3.05) is 0 Å². The van der Waals surface area contributed by atoms with Crippen LogP contribution in [0.15, 0.2) is 48.5 Å². The highest BCUT2D eigenvalue weighted by Crippen LogP contribution is 2.19. The van der Waals surface area contributed by atoms with Crippen molar-refractivity contribution in [2.24, 2.45) is 0 Å². The van der Waals surface area contributed by atoms with E-state index < -0.39 is 23.9 Å². The molecule has 0 radical (unpaired) electrons. The smallest absolute Gasteiger partial charge is 0.346 e. The normalized spacial score (nSPS) is 13.6. The number of ether oxygens (including phenoxy) is 2. The molecule has 0 bridgehead atoms. The van der Waals surface area contributed by atoms with Crippen molar-refractivity contribution in [3.8, 4) is 0 Å². The van der Waals surface area contributed by atoms with Gasteiger partial charge in [0.15, 0.2) is 0 Å². The van der Waals surface area contributed by atoms with Crippen LogP contribution in [0.2, 0.25) is 0 Å². The molecule has 0 unspecified atom stereocenters. The van der Waals surface area contributed by atoms with Crippen LogP contribution < -0.4 is 0 Å². The third-order valence-electron chi connectivity index (χ3n) is 3.10. The van der Waals surface area contributed by atoms with Crippen molar-refractivity contribution in [3.05, 3.63) is 70.8 Å². The van der Waals surface area contributed by atoms with E-state index in [1.165, 1.54) is 0 Å². The molecule has 0 spiro atoms. The molecule has 24 heavy (non-hydrogen) atoms. The van der Waals surface area contributed by atoms with Crippen molar-refractivity contribution >= 4 is 23.9 Å². The molecule has 122 valence electrons. The van der Waals surface area contributed by atoms with E-state index in [1.54, 1.807) is 48.5 Å². The Morgan fingerprint density at radius 2 is 0.708 bits per heavy atom. The lowest BCUT2D eigenvalue weighted by molar-refractivity contribution is 0.0425. The first-order valence-electron chi connectivity index (χ1n) is 7.29. The quantitative estimate of drug-likeness (QED) is 0.546. The first kappa shape index (κ1) is 17.1. The van der Waals surface area contributed by atoms with E-state index in [0.29, 0.717) is 22.3 Å². The van der Waals surface area contributed by atoms with Crippen molar-refractivity contribution in [3.63, 3.8) is 0 Å². The lowest BCUT2D eigenvalue weighted by Gasteiger charge is -1.86. The van der Waals surface area contributed by atoms with Crippen LogP contribution in [0.3, 0.4) is 0 Å². The summed E-state index contributed by atoms with van der Waals surface area (Å²) in [5, 5.41) is 0. The highest BCUT2D eigenvalue weighted by atomic mass is 16.6. The molecule has 0 saturated carbocycles. The molecule has 0 aliphatic carbocycles. The molecule has 2 aromatic carbocycles. The molecule has 2 aliphatic heterocycles. The van der Waals surface area contributed by atoms with Crippen LogP contribution in [0.4, 0.5) is 0 Å².